The lowest BCUT2D eigenvalue weighted by atomic mass is 9.94. The van der Waals surface area contributed by atoms with Crippen LogP contribution in [0, 0.1) is 5.92 Å². The molecule has 3 nitrogen and oxygen atoms in total. The first kappa shape index (κ1) is 13.8. The molecule has 1 fully saturated rings. The normalized spacial score (nSPS) is 21.9. The van der Waals surface area contributed by atoms with Gasteiger partial charge in [-0.05, 0) is 49.7 Å². The van der Waals surface area contributed by atoms with Crippen molar-refractivity contribution < 1.29 is 0 Å². The van der Waals surface area contributed by atoms with Crippen LogP contribution in [0.4, 0.5) is 5.82 Å². The molecule has 0 amide bonds. The average molecular weight is 289 g/mol. The highest BCUT2D eigenvalue weighted by atomic mass is 32.1. The summed E-state index contributed by atoms with van der Waals surface area (Å²) in [6.45, 7) is 4.45. The summed E-state index contributed by atoms with van der Waals surface area (Å²) < 4.78 is 0. The Hall–Kier alpha value is -1.16. The van der Waals surface area contributed by atoms with Crippen LogP contribution in [-0.4, -0.2) is 23.1 Å². The molecule has 2 aliphatic rings. The van der Waals surface area contributed by atoms with Gasteiger partial charge in [-0.25, -0.2) is 4.98 Å². The molecule has 0 saturated carbocycles. The fourth-order valence-electron chi connectivity index (χ4n) is 3.40. The largest absolute Gasteiger partial charge is 0.389 e. The fourth-order valence-corrected chi connectivity index (χ4v) is 3.55. The van der Waals surface area contributed by atoms with Gasteiger partial charge in [-0.2, -0.15) is 0 Å². The summed E-state index contributed by atoms with van der Waals surface area (Å²) >= 11 is 5.26. The number of nitrogens with zero attached hydrogens (tertiary/aromatic N) is 2. The quantitative estimate of drug-likeness (QED) is 0.869. The average Bonchev–Trinajstić information content (AvgIpc) is 2.94. The second-order valence-electron chi connectivity index (χ2n) is 6.05. The molecule has 1 aromatic heterocycles. The Kier molecular flexibility index (Phi) is 3.92. The van der Waals surface area contributed by atoms with E-state index in [1.807, 2.05) is 0 Å². The van der Waals surface area contributed by atoms with Crippen LogP contribution in [-0.2, 0) is 12.8 Å². The third-order valence-electron chi connectivity index (χ3n) is 4.71. The standard InChI is InChI=1S/C16H23N3S/c1-2-11-7-8-19(10-11)16-13(15(17)20)9-12-5-3-4-6-14(12)18-16/h9,11H,2-8,10H2,1H3,(H2,17,20). The lowest BCUT2D eigenvalue weighted by Gasteiger charge is -2.24. The van der Waals surface area contributed by atoms with Crippen molar-refractivity contribution in [1.29, 1.82) is 0 Å². The van der Waals surface area contributed by atoms with Gasteiger partial charge < -0.3 is 10.6 Å². The third kappa shape index (κ3) is 2.53. The zero-order valence-electron chi connectivity index (χ0n) is 12.2. The molecule has 0 spiro atoms. The number of hydrogen-bond donors (Lipinski definition) is 1. The summed E-state index contributed by atoms with van der Waals surface area (Å²) in [6, 6.07) is 2.21. The minimum absolute atomic E-state index is 0.487. The monoisotopic (exact) mass is 289 g/mol. The van der Waals surface area contributed by atoms with Crippen LogP contribution in [0.15, 0.2) is 6.07 Å². The van der Waals surface area contributed by atoms with E-state index < -0.39 is 0 Å². The Labute approximate surface area is 126 Å². The number of thiocarbonyl (C=S) groups is 1. The molecule has 2 N–H and O–H groups in total. The highest BCUT2D eigenvalue weighted by Crippen LogP contribution is 2.30. The van der Waals surface area contributed by atoms with Crippen molar-refractivity contribution in [3.63, 3.8) is 0 Å². The second-order valence-corrected chi connectivity index (χ2v) is 6.49. The Morgan fingerprint density at radius 1 is 1.45 bits per heavy atom. The van der Waals surface area contributed by atoms with Gasteiger partial charge in [-0.15, -0.1) is 0 Å². The number of fused-ring (bicyclic) bond motifs is 1. The molecule has 20 heavy (non-hydrogen) atoms. The summed E-state index contributed by atoms with van der Waals surface area (Å²) in [5.41, 5.74) is 9.56. The summed E-state index contributed by atoms with van der Waals surface area (Å²) in [6.07, 6.45) is 7.23. The van der Waals surface area contributed by atoms with Crippen LogP contribution in [0.2, 0.25) is 0 Å². The molecule has 0 aromatic carbocycles. The van der Waals surface area contributed by atoms with E-state index in [1.165, 1.54) is 36.9 Å². The maximum Gasteiger partial charge on any atom is 0.139 e. The molecule has 108 valence electrons. The Morgan fingerprint density at radius 3 is 2.95 bits per heavy atom. The lowest BCUT2D eigenvalue weighted by Crippen LogP contribution is -2.26. The first-order valence-corrected chi connectivity index (χ1v) is 8.17. The fraction of sp³-hybridized carbons (Fsp3) is 0.625. The smallest absolute Gasteiger partial charge is 0.139 e. The van der Waals surface area contributed by atoms with E-state index in [0.29, 0.717) is 4.99 Å². The maximum absolute atomic E-state index is 5.95. The van der Waals surface area contributed by atoms with Gasteiger partial charge in [0.25, 0.3) is 0 Å². The maximum atomic E-state index is 5.95. The van der Waals surface area contributed by atoms with Gasteiger partial charge in [0, 0.05) is 18.8 Å². The van der Waals surface area contributed by atoms with Crippen LogP contribution in [0.1, 0.15) is 49.4 Å². The minimum atomic E-state index is 0.487. The number of hydrogen-bond acceptors (Lipinski definition) is 3. The molecule has 1 atom stereocenters. The van der Waals surface area contributed by atoms with Crippen LogP contribution < -0.4 is 10.6 Å². The molecule has 1 aliphatic heterocycles. The lowest BCUT2D eigenvalue weighted by molar-refractivity contribution is 0.568. The van der Waals surface area contributed by atoms with E-state index in [9.17, 15) is 0 Å². The Morgan fingerprint density at radius 2 is 2.25 bits per heavy atom. The van der Waals surface area contributed by atoms with E-state index in [2.05, 4.69) is 17.9 Å². The zero-order valence-corrected chi connectivity index (χ0v) is 13.0. The van der Waals surface area contributed by atoms with E-state index in [0.717, 1.165) is 43.2 Å². The van der Waals surface area contributed by atoms with Crippen LogP contribution in [0.25, 0.3) is 0 Å². The molecule has 0 radical (unpaired) electrons. The van der Waals surface area contributed by atoms with Gasteiger partial charge in [-0.3, -0.25) is 0 Å². The molecule has 4 heteroatoms. The van der Waals surface area contributed by atoms with E-state index >= 15 is 0 Å². The van der Waals surface area contributed by atoms with Crippen molar-refractivity contribution in [2.45, 2.75) is 45.4 Å². The van der Waals surface area contributed by atoms with Crippen molar-refractivity contribution in [2.24, 2.45) is 11.7 Å². The number of pyridine rings is 1. The van der Waals surface area contributed by atoms with Crippen LogP contribution in [0.3, 0.4) is 0 Å². The van der Waals surface area contributed by atoms with Crippen molar-refractivity contribution in [3.05, 3.63) is 22.9 Å². The second kappa shape index (κ2) is 5.68. The van der Waals surface area contributed by atoms with Gasteiger partial charge in [0.05, 0.1) is 5.56 Å². The summed E-state index contributed by atoms with van der Waals surface area (Å²) in [5.74, 6) is 1.82. The number of aryl methyl sites for hydroxylation is 2. The number of aromatic nitrogens is 1. The summed E-state index contributed by atoms with van der Waals surface area (Å²) in [4.78, 5) is 7.82. The van der Waals surface area contributed by atoms with Crippen LogP contribution >= 0.6 is 12.2 Å². The molecule has 1 saturated heterocycles. The number of nitrogens with two attached hydrogens (primary N) is 1. The van der Waals surface area contributed by atoms with Gasteiger partial charge in [0.1, 0.15) is 10.8 Å². The SMILES string of the molecule is CCC1CCN(c2nc3c(cc2C(N)=S)CCCC3)C1. The highest BCUT2D eigenvalue weighted by Gasteiger charge is 2.26. The topological polar surface area (TPSA) is 42.2 Å². The molecule has 3 rings (SSSR count). The summed E-state index contributed by atoms with van der Waals surface area (Å²) in [5, 5.41) is 0. The Bertz CT molecular complexity index is 527. The first-order chi connectivity index (χ1) is 9.69. The van der Waals surface area contributed by atoms with Crippen molar-refractivity contribution in [2.75, 3.05) is 18.0 Å². The Balaban J connectivity index is 1.98. The molecule has 1 aromatic rings. The molecular formula is C16H23N3S. The number of anilines is 1. The zero-order chi connectivity index (χ0) is 14.1. The molecule has 2 heterocycles. The molecule has 1 aliphatic carbocycles. The third-order valence-corrected chi connectivity index (χ3v) is 4.93. The highest BCUT2D eigenvalue weighted by molar-refractivity contribution is 7.80. The molecule has 0 bridgehead atoms. The predicted octanol–water partition coefficient (Wildman–Crippen LogP) is 2.83. The minimum Gasteiger partial charge on any atom is -0.389 e. The van der Waals surface area contributed by atoms with Crippen molar-refractivity contribution in [1.82, 2.24) is 4.98 Å². The van der Waals surface area contributed by atoms with E-state index in [4.69, 9.17) is 22.9 Å². The summed E-state index contributed by atoms with van der Waals surface area (Å²) in [7, 11) is 0. The van der Waals surface area contributed by atoms with Crippen LogP contribution in [0.5, 0.6) is 0 Å². The van der Waals surface area contributed by atoms with Gasteiger partial charge in [0.2, 0.25) is 0 Å². The van der Waals surface area contributed by atoms with Gasteiger partial charge >= 0.3 is 0 Å². The van der Waals surface area contributed by atoms with E-state index in [-0.39, 0.29) is 0 Å². The van der Waals surface area contributed by atoms with Gasteiger partial charge in [0.15, 0.2) is 0 Å². The van der Waals surface area contributed by atoms with Gasteiger partial charge in [-0.1, -0.05) is 25.6 Å². The number of rotatable bonds is 3. The first-order valence-electron chi connectivity index (χ1n) is 7.76. The molecular weight excluding hydrogens is 266 g/mol. The van der Waals surface area contributed by atoms with Crippen molar-refractivity contribution >= 4 is 23.0 Å². The molecule has 1 unspecified atom stereocenters. The van der Waals surface area contributed by atoms with E-state index in [1.54, 1.807) is 0 Å². The predicted molar refractivity (Wildman–Crippen MR) is 87.4 cm³/mol. The van der Waals surface area contributed by atoms with Crippen molar-refractivity contribution in [3.8, 4) is 0 Å².